The monoisotopic (exact) mass is 512 g/mol. The molecule has 2 heterocycles. The quantitative estimate of drug-likeness (QED) is 0.404. The van der Waals surface area contributed by atoms with E-state index >= 15 is 0 Å². The number of carbonyl (C=O) groups excluding carboxylic acids is 2. The van der Waals surface area contributed by atoms with Crippen LogP contribution in [0.3, 0.4) is 0 Å². The molecule has 1 atom stereocenters. The maximum atomic E-state index is 13.6. The van der Waals surface area contributed by atoms with E-state index in [-0.39, 0.29) is 24.4 Å². The number of carbonyl (C=O) groups is 2. The largest absolute Gasteiger partial charge is 0.491 e. The average molecular weight is 513 g/mol. The van der Waals surface area contributed by atoms with Crippen LogP contribution in [0.4, 0.5) is 0 Å². The fourth-order valence-electron chi connectivity index (χ4n) is 4.27. The van der Waals surface area contributed by atoms with Crippen LogP contribution in [-0.2, 0) is 16.0 Å². The molecular weight excluding hydrogens is 484 g/mol. The molecule has 0 N–H and O–H groups in total. The fourth-order valence-corrected chi connectivity index (χ4v) is 5.33. The van der Waals surface area contributed by atoms with Crippen LogP contribution in [0.5, 0.6) is 5.75 Å². The van der Waals surface area contributed by atoms with Crippen molar-refractivity contribution in [2.45, 2.75) is 19.4 Å². The van der Waals surface area contributed by atoms with E-state index in [0.717, 1.165) is 17.5 Å². The van der Waals surface area contributed by atoms with E-state index in [0.29, 0.717) is 42.6 Å². The Morgan fingerprint density at radius 1 is 1.14 bits per heavy atom. The Balaban J connectivity index is 1.53. The Kier molecular flexibility index (Phi) is 8.44. The number of benzene rings is 2. The number of ether oxygens (including phenoxy) is 2. The van der Waals surface area contributed by atoms with Crippen LogP contribution < -0.4 is 4.74 Å². The molecule has 0 spiro atoms. The normalized spacial score (nSPS) is 14.9. The van der Waals surface area contributed by atoms with Gasteiger partial charge in [0.2, 0.25) is 5.91 Å². The lowest BCUT2D eigenvalue weighted by Gasteiger charge is -2.37. The Labute approximate surface area is 215 Å². The molecule has 4 rings (SSSR count). The molecule has 0 radical (unpaired) electrons. The summed E-state index contributed by atoms with van der Waals surface area (Å²) in [6.07, 6.45) is 0.792. The minimum atomic E-state index is -0.231. The highest BCUT2D eigenvalue weighted by atomic mass is 35.5. The third kappa shape index (κ3) is 6.04. The summed E-state index contributed by atoms with van der Waals surface area (Å²) in [5.41, 5.74) is 2.58. The third-order valence-corrected chi connectivity index (χ3v) is 7.44. The number of methoxy groups -OCH3 is 1. The number of nitrogens with zero attached hydrogens (tertiary/aromatic N) is 2. The molecule has 2 amide bonds. The zero-order chi connectivity index (χ0) is 24.8. The topological polar surface area (TPSA) is 59.1 Å². The molecule has 184 valence electrons. The van der Waals surface area contributed by atoms with Crippen LogP contribution in [0.15, 0.2) is 60.0 Å². The SMILES string of the molecule is COCCN(CC(=O)N1CCc2sccc2[C@H]1COc1ccc(Cl)cc1)C(=O)c1ccccc1C. The maximum absolute atomic E-state index is 13.6. The van der Waals surface area contributed by atoms with E-state index in [1.165, 1.54) is 4.88 Å². The van der Waals surface area contributed by atoms with Crippen LogP contribution >= 0.6 is 22.9 Å². The molecule has 0 saturated heterocycles. The van der Waals surface area contributed by atoms with Gasteiger partial charge in [0.1, 0.15) is 18.9 Å². The minimum absolute atomic E-state index is 0.0204. The predicted octanol–water partition coefficient (Wildman–Crippen LogP) is 5.00. The van der Waals surface area contributed by atoms with Crippen molar-refractivity contribution in [3.63, 3.8) is 0 Å². The van der Waals surface area contributed by atoms with Gasteiger partial charge < -0.3 is 19.3 Å². The first kappa shape index (κ1) is 25.2. The number of hydrogen-bond donors (Lipinski definition) is 0. The van der Waals surface area contributed by atoms with Gasteiger partial charge in [-0.2, -0.15) is 0 Å². The summed E-state index contributed by atoms with van der Waals surface area (Å²) in [4.78, 5) is 31.6. The van der Waals surface area contributed by atoms with E-state index in [1.54, 1.807) is 41.5 Å². The fraction of sp³-hybridized carbons (Fsp3) is 0.333. The first-order chi connectivity index (χ1) is 17.0. The summed E-state index contributed by atoms with van der Waals surface area (Å²) < 4.78 is 11.3. The molecule has 0 bridgehead atoms. The zero-order valence-electron chi connectivity index (χ0n) is 19.9. The molecule has 8 heteroatoms. The lowest BCUT2D eigenvalue weighted by molar-refractivity contribution is -0.135. The summed E-state index contributed by atoms with van der Waals surface area (Å²) in [7, 11) is 1.59. The summed E-state index contributed by atoms with van der Waals surface area (Å²) in [5.74, 6) is 0.417. The molecule has 0 aliphatic carbocycles. The van der Waals surface area contributed by atoms with Crippen molar-refractivity contribution < 1.29 is 19.1 Å². The van der Waals surface area contributed by atoms with Crippen molar-refractivity contribution in [2.75, 3.05) is 40.0 Å². The van der Waals surface area contributed by atoms with Crippen molar-refractivity contribution in [1.29, 1.82) is 0 Å². The van der Waals surface area contributed by atoms with Crippen molar-refractivity contribution in [2.24, 2.45) is 0 Å². The van der Waals surface area contributed by atoms with Gasteiger partial charge in [-0.05, 0) is 66.2 Å². The summed E-state index contributed by atoms with van der Waals surface area (Å²) in [6, 6.07) is 16.5. The molecule has 2 aromatic carbocycles. The van der Waals surface area contributed by atoms with Gasteiger partial charge in [0, 0.05) is 35.7 Å². The number of rotatable bonds is 9. The average Bonchev–Trinajstić information content (AvgIpc) is 3.35. The van der Waals surface area contributed by atoms with Crippen molar-refractivity contribution in [3.05, 3.63) is 86.6 Å². The van der Waals surface area contributed by atoms with Crippen LogP contribution in [0.2, 0.25) is 5.02 Å². The first-order valence-corrected chi connectivity index (χ1v) is 12.8. The van der Waals surface area contributed by atoms with Crippen LogP contribution in [-0.4, -0.2) is 61.6 Å². The molecular formula is C27H29ClN2O4S. The molecule has 35 heavy (non-hydrogen) atoms. The maximum Gasteiger partial charge on any atom is 0.254 e. The molecule has 0 unspecified atom stereocenters. The predicted molar refractivity (Wildman–Crippen MR) is 138 cm³/mol. The molecule has 6 nitrogen and oxygen atoms in total. The second-order valence-corrected chi connectivity index (χ2v) is 9.89. The van der Waals surface area contributed by atoms with Gasteiger partial charge in [-0.1, -0.05) is 29.8 Å². The van der Waals surface area contributed by atoms with Gasteiger partial charge in [0.25, 0.3) is 5.91 Å². The van der Waals surface area contributed by atoms with E-state index in [9.17, 15) is 9.59 Å². The Morgan fingerprint density at radius 3 is 2.66 bits per heavy atom. The Bertz CT molecular complexity index is 1160. The van der Waals surface area contributed by atoms with Gasteiger partial charge in [0.15, 0.2) is 0 Å². The summed E-state index contributed by atoms with van der Waals surface area (Å²) in [6.45, 7) is 3.46. The minimum Gasteiger partial charge on any atom is -0.491 e. The van der Waals surface area contributed by atoms with Gasteiger partial charge in [-0.15, -0.1) is 11.3 Å². The van der Waals surface area contributed by atoms with Gasteiger partial charge >= 0.3 is 0 Å². The molecule has 1 aliphatic rings. The molecule has 1 aliphatic heterocycles. The smallest absolute Gasteiger partial charge is 0.254 e. The lowest BCUT2D eigenvalue weighted by Crippen LogP contribution is -2.48. The van der Waals surface area contributed by atoms with Crippen LogP contribution in [0.25, 0.3) is 0 Å². The highest BCUT2D eigenvalue weighted by Crippen LogP contribution is 2.34. The zero-order valence-corrected chi connectivity index (χ0v) is 21.5. The highest BCUT2D eigenvalue weighted by Gasteiger charge is 2.33. The molecule has 3 aromatic rings. The Hall–Kier alpha value is -2.87. The van der Waals surface area contributed by atoms with Crippen molar-refractivity contribution >= 4 is 34.8 Å². The van der Waals surface area contributed by atoms with Crippen molar-refractivity contribution in [3.8, 4) is 5.75 Å². The number of hydrogen-bond acceptors (Lipinski definition) is 5. The van der Waals surface area contributed by atoms with E-state index in [4.69, 9.17) is 21.1 Å². The van der Waals surface area contributed by atoms with Crippen LogP contribution in [0.1, 0.15) is 32.4 Å². The standard InChI is InChI=1S/C27H29ClN2O4S/c1-19-5-3-4-6-22(19)27(32)29(14-15-33-2)17-26(31)30-13-11-25-23(12-16-35-25)24(30)18-34-21-9-7-20(28)8-10-21/h3-10,12,16,24H,11,13-15,17-18H2,1-2H3/t24-/m1/s1. The third-order valence-electron chi connectivity index (χ3n) is 6.19. The van der Waals surface area contributed by atoms with E-state index < -0.39 is 0 Å². The summed E-state index contributed by atoms with van der Waals surface area (Å²) >= 11 is 7.70. The Morgan fingerprint density at radius 2 is 1.91 bits per heavy atom. The van der Waals surface area contributed by atoms with Gasteiger partial charge in [-0.3, -0.25) is 9.59 Å². The first-order valence-electron chi connectivity index (χ1n) is 11.6. The van der Waals surface area contributed by atoms with Gasteiger partial charge in [0.05, 0.1) is 12.6 Å². The van der Waals surface area contributed by atoms with E-state index in [1.807, 2.05) is 42.2 Å². The van der Waals surface area contributed by atoms with Crippen LogP contribution in [0, 0.1) is 6.92 Å². The number of amides is 2. The van der Waals surface area contributed by atoms with Crippen molar-refractivity contribution in [1.82, 2.24) is 9.80 Å². The molecule has 0 fully saturated rings. The summed E-state index contributed by atoms with van der Waals surface area (Å²) in [5, 5.41) is 2.70. The molecule has 1 aromatic heterocycles. The number of aryl methyl sites for hydroxylation is 1. The molecule has 0 saturated carbocycles. The second-order valence-electron chi connectivity index (χ2n) is 8.45. The lowest BCUT2D eigenvalue weighted by atomic mass is 10.00. The number of thiophene rings is 1. The highest BCUT2D eigenvalue weighted by molar-refractivity contribution is 7.10. The number of fused-ring (bicyclic) bond motifs is 1. The van der Waals surface area contributed by atoms with E-state index in [2.05, 4.69) is 11.4 Å². The second kappa shape index (κ2) is 11.7. The number of halogens is 1. The van der Waals surface area contributed by atoms with Gasteiger partial charge in [-0.25, -0.2) is 0 Å².